The topological polar surface area (TPSA) is 15.3 Å². The summed E-state index contributed by atoms with van der Waals surface area (Å²) in [5.41, 5.74) is 3.23. The molecule has 2 rings (SSSR count). The number of rotatable bonds is 4. The molecule has 0 aromatic heterocycles. The van der Waals surface area contributed by atoms with E-state index in [9.17, 15) is 0 Å². The second kappa shape index (κ2) is 6.77. The van der Waals surface area contributed by atoms with Gasteiger partial charge in [0.2, 0.25) is 0 Å². The highest BCUT2D eigenvalue weighted by atomic mass is 15.1. The van der Waals surface area contributed by atoms with E-state index in [2.05, 4.69) is 34.5 Å². The van der Waals surface area contributed by atoms with Crippen molar-refractivity contribution in [2.45, 2.75) is 25.7 Å². The lowest BCUT2D eigenvalue weighted by Gasteiger charge is -2.21. The fraction of sp³-hybridized carbons (Fsp3) is 0.600. The van der Waals surface area contributed by atoms with Crippen LogP contribution in [-0.2, 0) is 0 Å². The van der Waals surface area contributed by atoms with Gasteiger partial charge in [0.1, 0.15) is 0 Å². The van der Waals surface area contributed by atoms with Crippen molar-refractivity contribution in [2.24, 2.45) is 0 Å². The molecular formula is C15H24N2. The molecule has 2 nitrogen and oxygen atoms in total. The van der Waals surface area contributed by atoms with Crippen LogP contribution in [0.1, 0.15) is 25.7 Å². The highest BCUT2D eigenvalue weighted by Crippen LogP contribution is 2.23. The van der Waals surface area contributed by atoms with E-state index < -0.39 is 0 Å². The summed E-state index contributed by atoms with van der Waals surface area (Å²) in [5.74, 6) is 0. The van der Waals surface area contributed by atoms with Gasteiger partial charge in [-0.2, -0.15) is 0 Å². The summed E-state index contributed by atoms with van der Waals surface area (Å²) in [6.07, 6.45) is 13.9. The molecule has 1 aliphatic carbocycles. The molecule has 0 radical (unpaired) electrons. The Balaban J connectivity index is 1.94. The second-order valence-corrected chi connectivity index (χ2v) is 4.96. The van der Waals surface area contributed by atoms with E-state index in [0.29, 0.717) is 0 Å². The minimum Gasteiger partial charge on any atom is -0.320 e. The van der Waals surface area contributed by atoms with Gasteiger partial charge in [-0.05, 0) is 63.5 Å². The molecule has 2 heteroatoms. The molecule has 0 atom stereocenters. The third-order valence-corrected chi connectivity index (χ3v) is 3.60. The maximum atomic E-state index is 3.23. The van der Waals surface area contributed by atoms with E-state index in [1.807, 2.05) is 7.05 Å². The molecule has 0 aromatic rings. The summed E-state index contributed by atoms with van der Waals surface area (Å²) in [7, 11) is 2.03. The predicted molar refractivity (Wildman–Crippen MR) is 74.1 cm³/mol. The number of nitrogens with zero attached hydrogens (tertiary/aromatic N) is 1. The van der Waals surface area contributed by atoms with Gasteiger partial charge in [0, 0.05) is 6.54 Å². The van der Waals surface area contributed by atoms with E-state index in [1.165, 1.54) is 38.9 Å². The summed E-state index contributed by atoms with van der Waals surface area (Å²) in [5, 5.41) is 3.23. The summed E-state index contributed by atoms with van der Waals surface area (Å²) >= 11 is 0. The monoisotopic (exact) mass is 232 g/mol. The Kier molecular flexibility index (Phi) is 5.02. The van der Waals surface area contributed by atoms with E-state index in [4.69, 9.17) is 0 Å². The van der Waals surface area contributed by atoms with Gasteiger partial charge < -0.3 is 5.32 Å². The zero-order chi connectivity index (χ0) is 11.9. The molecule has 1 aliphatic heterocycles. The van der Waals surface area contributed by atoms with Crippen molar-refractivity contribution >= 4 is 0 Å². The molecule has 0 unspecified atom stereocenters. The van der Waals surface area contributed by atoms with Crippen molar-refractivity contribution < 1.29 is 0 Å². The van der Waals surface area contributed by atoms with Crippen molar-refractivity contribution in [1.29, 1.82) is 0 Å². The standard InChI is InChI=1S/C15H24N2/c1-16-10-6-12-17-11-5-9-14-7-3-2-4-8-15(14)13-17/h2-4,7,16H,5-6,8-13H2,1H3. The van der Waals surface area contributed by atoms with E-state index >= 15 is 0 Å². The molecular weight excluding hydrogens is 208 g/mol. The lowest BCUT2D eigenvalue weighted by molar-refractivity contribution is 0.293. The fourth-order valence-electron chi connectivity index (χ4n) is 2.65. The molecule has 1 N–H and O–H groups in total. The molecule has 0 aromatic carbocycles. The van der Waals surface area contributed by atoms with Gasteiger partial charge in [0.25, 0.3) is 0 Å². The summed E-state index contributed by atoms with van der Waals surface area (Å²) in [6.45, 7) is 4.79. The van der Waals surface area contributed by atoms with Crippen LogP contribution in [0.3, 0.4) is 0 Å². The minimum atomic E-state index is 1.13. The molecule has 0 amide bonds. The van der Waals surface area contributed by atoms with Crippen LogP contribution < -0.4 is 5.32 Å². The zero-order valence-electron chi connectivity index (χ0n) is 10.9. The Morgan fingerprint density at radius 1 is 1.35 bits per heavy atom. The van der Waals surface area contributed by atoms with Gasteiger partial charge in [-0.25, -0.2) is 0 Å². The van der Waals surface area contributed by atoms with Crippen molar-refractivity contribution in [3.05, 3.63) is 35.5 Å². The van der Waals surface area contributed by atoms with Crippen LogP contribution in [-0.4, -0.2) is 38.1 Å². The van der Waals surface area contributed by atoms with E-state index in [-0.39, 0.29) is 0 Å². The van der Waals surface area contributed by atoms with Crippen molar-refractivity contribution in [3.63, 3.8) is 0 Å². The van der Waals surface area contributed by atoms with Gasteiger partial charge in [-0.3, -0.25) is 4.90 Å². The van der Waals surface area contributed by atoms with Crippen LogP contribution in [0.15, 0.2) is 35.5 Å². The molecule has 0 spiro atoms. The SMILES string of the molecule is CNCCCN1CCCC2=C(CC=CC=C2)C1. The van der Waals surface area contributed by atoms with Crippen LogP contribution in [0, 0.1) is 0 Å². The van der Waals surface area contributed by atoms with E-state index in [1.54, 1.807) is 11.1 Å². The molecule has 0 fully saturated rings. The highest BCUT2D eigenvalue weighted by Gasteiger charge is 2.15. The lowest BCUT2D eigenvalue weighted by Crippen LogP contribution is -2.29. The minimum absolute atomic E-state index is 1.13. The first-order valence-corrected chi connectivity index (χ1v) is 6.81. The molecule has 0 bridgehead atoms. The Hall–Kier alpha value is -0.860. The number of hydrogen-bond donors (Lipinski definition) is 1. The van der Waals surface area contributed by atoms with Crippen molar-refractivity contribution in [2.75, 3.05) is 33.2 Å². The maximum absolute atomic E-state index is 3.23. The molecule has 1 heterocycles. The van der Waals surface area contributed by atoms with Gasteiger partial charge in [0.05, 0.1) is 0 Å². The number of allylic oxidation sites excluding steroid dienone is 5. The third kappa shape index (κ3) is 3.83. The first-order chi connectivity index (χ1) is 8.40. The first-order valence-electron chi connectivity index (χ1n) is 6.81. The van der Waals surface area contributed by atoms with Crippen LogP contribution in [0.25, 0.3) is 0 Å². The summed E-state index contributed by atoms with van der Waals surface area (Å²) < 4.78 is 0. The number of nitrogens with one attached hydrogen (secondary N) is 1. The van der Waals surface area contributed by atoms with E-state index in [0.717, 1.165) is 13.0 Å². The second-order valence-electron chi connectivity index (χ2n) is 4.96. The molecule has 17 heavy (non-hydrogen) atoms. The Labute approximate surface area is 105 Å². The average molecular weight is 232 g/mol. The normalized spacial score (nSPS) is 21.2. The summed E-state index contributed by atoms with van der Waals surface area (Å²) in [6, 6.07) is 0. The first kappa shape index (κ1) is 12.6. The zero-order valence-corrected chi connectivity index (χ0v) is 10.9. The maximum Gasteiger partial charge on any atom is 0.0201 e. The molecule has 2 aliphatic rings. The van der Waals surface area contributed by atoms with Gasteiger partial charge in [-0.1, -0.05) is 24.3 Å². The van der Waals surface area contributed by atoms with Crippen LogP contribution in [0.5, 0.6) is 0 Å². The Bertz CT molecular complexity index is 326. The predicted octanol–water partition coefficient (Wildman–Crippen LogP) is 2.50. The van der Waals surface area contributed by atoms with Crippen LogP contribution in [0.2, 0.25) is 0 Å². The molecule has 0 saturated heterocycles. The smallest absolute Gasteiger partial charge is 0.0201 e. The van der Waals surface area contributed by atoms with Gasteiger partial charge in [-0.15, -0.1) is 0 Å². The molecule has 0 saturated carbocycles. The third-order valence-electron chi connectivity index (χ3n) is 3.60. The van der Waals surface area contributed by atoms with Gasteiger partial charge >= 0.3 is 0 Å². The summed E-state index contributed by atoms with van der Waals surface area (Å²) in [4.78, 5) is 2.62. The Morgan fingerprint density at radius 3 is 3.18 bits per heavy atom. The van der Waals surface area contributed by atoms with Crippen molar-refractivity contribution in [1.82, 2.24) is 10.2 Å². The van der Waals surface area contributed by atoms with Crippen molar-refractivity contribution in [3.8, 4) is 0 Å². The lowest BCUT2D eigenvalue weighted by atomic mass is 10.0. The Morgan fingerprint density at radius 2 is 2.29 bits per heavy atom. The van der Waals surface area contributed by atoms with Crippen LogP contribution >= 0.6 is 0 Å². The largest absolute Gasteiger partial charge is 0.320 e. The average Bonchev–Trinajstić information content (AvgIpc) is 2.64. The highest BCUT2D eigenvalue weighted by molar-refractivity contribution is 5.34. The van der Waals surface area contributed by atoms with Gasteiger partial charge in [0.15, 0.2) is 0 Å². The fourth-order valence-corrected chi connectivity index (χ4v) is 2.65. The quantitative estimate of drug-likeness (QED) is 0.749. The number of hydrogen-bond acceptors (Lipinski definition) is 2. The van der Waals surface area contributed by atoms with Crippen LogP contribution in [0.4, 0.5) is 0 Å². The molecule has 94 valence electrons.